The van der Waals surface area contributed by atoms with E-state index in [1.807, 2.05) is 18.2 Å². The van der Waals surface area contributed by atoms with E-state index in [0.717, 1.165) is 4.24 Å². The lowest BCUT2D eigenvalue weighted by Crippen LogP contribution is -1.86. The van der Waals surface area contributed by atoms with E-state index >= 15 is 0 Å². The van der Waals surface area contributed by atoms with Gasteiger partial charge in [-0.25, -0.2) is 0 Å². The van der Waals surface area contributed by atoms with Crippen LogP contribution in [0.25, 0.3) is 0 Å². The zero-order valence-corrected chi connectivity index (χ0v) is 8.53. The summed E-state index contributed by atoms with van der Waals surface area (Å²) in [6.45, 7) is 0. The Morgan fingerprint density at radius 1 is 1.23 bits per heavy atom. The van der Waals surface area contributed by atoms with Crippen molar-refractivity contribution in [2.75, 3.05) is 5.75 Å². The molecule has 0 spiro atoms. The first-order valence-corrected chi connectivity index (χ1v) is 5.75. The van der Waals surface area contributed by atoms with Crippen LogP contribution in [0.2, 0.25) is 0 Å². The number of hydrogen-bond donors (Lipinski definition) is 0. The molecule has 1 aliphatic heterocycles. The van der Waals surface area contributed by atoms with E-state index in [1.54, 1.807) is 29.6 Å². The van der Waals surface area contributed by atoms with E-state index in [4.69, 9.17) is 0 Å². The largest absolute Gasteiger partial charge is 0.294 e. The maximum atomic E-state index is 10.9. The molecule has 66 valence electrons. The third-order valence-corrected chi connectivity index (χ3v) is 3.86. The van der Waals surface area contributed by atoms with Gasteiger partial charge in [0.15, 0.2) is 5.78 Å². The molecule has 0 aliphatic carbocycles. The normalized spacial score (nSPS) is 16.0. The monoisotopic (exact) mass is 208 g/mol. The Kier molecular flexibility index (Phi) is 2.76. The van der Waals surface area contributed by atoms with Crippen molar-refractivity contribution in [3.63, 3.8) is 0 Å². The molecule has 1 aromatic rings. The molecule has 0 saturated carbocycles. The number of carbonyl (C=O) groups excluding carboxylic acids is 1. The fourth-order valence-corrected chi connectivity index (χ4v) is 3.02. The summed E-state index contributed by atoms with van der Waals surface area (Å²) in [5.41, 5.74) is 0. The summed E-state index contributed by atoms with van der Waals surface area (Å²) >= 11 is 3.28. The van der Waals surface area contributed by atoms with E-state index in [2.05, 4.69) is 12.1 Å². The van der Waals surface area contributed by atoms with Crippen molar-refractivity contribution in [3.8, 4) is 0 Å². The van der Waals surface area contributed by atoms with Crippen LogP contribution in [0.15, 0.2) is 45.5 Å². The highest BCUT2D eigenvalue weighted by molar-refractivity contribution is 8.22. The molecular weight excluding hydrogens is 200 g/mol. The Balaban J connectivity index is 2.07. The van der Waals surface area contributed by atoms with Crippen molar-refractivity contribution in [3.05, 3.63) is 40.6 Å². The van der Waals surface area contributed by atoms with Crippen LogP contribution < -0.4 is 0 Å². The molecule has 0 radical (unpaired) electrons. The molecule has 0 amide bonds. The van der Waals surface area contributed by atoms with Crippen molar-refractivity contribution in [1.82, 2.24) is 0 Å². The molecule has 0 aromatic heterocycles. The van der Waals surface area contributed by atoms with Crippen molar-refractivity contribution < 1.29 is 4.79 Å². The van der Waals surface area contributed by atoms with Crippen LogP contribution in [0.5, 0.6) is 0 Å². The van der Waals surface area contributed by atoms with E-state index in [1.165, 1.54) is 4.90 Å². The Bertz CT molecular complexity index is 343. The van der Waals surface area contributed by atoms with E-state index in [9.17, 15) is 4.79 Å². The van der Waals surface area contributed by atoms with Gasteiger partial charge < -0.3 is 0 Å². The van der Waals surface area contributed by atoms with Gasteiger partial charge in [-0.2, -0.15) is 0 Å². The first kappa shape index (κ1) is 8.91. The third-order valence-electron chi connectivity index (χ3n) is 1.60. The lowest BCUT2D eigenvalue weighted by molar-refractivity contribution is -0.112. The average molecular weight is 208 g/mol. The Hall–Kier alpha value is -0.670. The average Bonchev–Trinajstić information content (AvgIpc) is 2.53. The van der Waals surface area contributed by atoms with Gasteiger partial charge in [0.1, 0.15) is 0 Å². The molecule has 0 bridgehead atoms. The van der Waals surface area contributed by atoms with E-state index in [-0.39, 0.29) is 5.78 Å². The van der Waals surface area contributed by atoms with Crippen LogP contribution in [-0.2, 0) is 4.79 Å². The summed E-state index contributed by atoms with van der Waals surface area (Å²) in [7, 11) is 0. The van der Waals surface area contributed by atoms with Gasteiger partial charge in [-0.1, -0.05) is 30.0 Å². The first-order chi connectivity index (χ1) is 6.34. The van der Waals surface area contributed by atoms with Crippen LogP contribution in [0, 0.1) is 0 Å². The molecule has 0 fully saturated rings. The number of allylic oxidation sites excluding steroid dienone is 1. The number of thioether (sulfide) groups is 2. The molecule has 1 aliphatic rings. The molecule has 0 N–H and O–H groups in total. The molecule has 0 unspecified atom stereocenters. The summed E-state index contributed by atoms with van der Waals surface area (Å²) in [5.74, 6) is 0.832. The first-order valence-electron chi connectivity index (χ1n) is 3.95. The molecule has 1 nitrogen and oxygen atoms in total. The van der Waals surface area contributed by atoms with Crippen molar-refractivity contribution >= 4 is 29.3 Å². The minimum atomic E-state index is 0.225. The van der Waals surface area contributed by atoms with Crippen molar-refractivity contribution in [1.29, 1.82) is 0 Å². The second-order valence-electron chi connectivity index (χ2n) is 2.63. The van der Waals surface area contributed by atoms with Gasteiger partial charge in [-0.15, -0.1) is 11.8 Å². The van der Waals surface area contributed by atoms with Gasteiger partial charge in [-0.3, -0.25) is 4.79 Å². The zero-order valence-electron chi connectivity index (χ0n) is 6.90. The lowest BCUT2D eigenvalue weighted by atomic mass is 10.4. The fraction of sp³-hybridized carbons (Fsp3) is 0.100. The molecule has 0 atom stereocenters. The highest BCUT2D eigenvalue weighted by Gasteiger charge is 2.13. The Labute approximate surface area is 85.6 Å². The fourth-order valence-electron chi connectivity index (χ4n) is 1.02. The molecule has 2 rings (SSSR count). The Morgan fingerprint density at radius 2 is 2.00 bits per heavy atom. The minimum Gasteiger partial charge on any atom is -0.294 e. The molecule has 1 heterocycles. The zero-order chi connectivity index (χ0) is 9.10. The van der Waals surface area contributed by atoms with Gasteiger partial charge in [0, 0.05) is 15.2 Å². The maximum Gasteiger partial charge on any atom is 0.167 e. The highest BCUT2D eigenvalue weighted by atomic mass is 32.2. The van der Waals surface area contributed by atoms with Gasteiger partial charge in [0.2, 0.25) is 0 Å². The number of benzene rings is 1. The van der Waals surface area contributed by atoms with Crippen LogP contribution in [-0.4, -0.2) is 11.5 Å². The standard InChI is InChI=1S/C10H8OS2/c11-8-6-10(12-7-8)13-9-4-2-1-3-5-9/h1-6H,7H2. The minimum absolute atomic E-state index is 0.225. The predicted octanol–water partition coefficient (Wildman–Crippen LogP) is 2.94. The summed E-state index contributed by atoms with van der Waals surface area (Å²) in [6.07, 6.45) is 1.72. The van der Waals surface area contributed by atoms with Gasteiger partial charge >= 0.3 is 0 Å². The predicted molar refractivity (Wildman–Crippen MR) is 57.8 cm³/mol. The number of ketones is 1. The molecule has 0 saturated heterocycles. The summed E-state index contributed by atoms with van der Waals surface area (Å²) in [5, 5.41) is 0. The van der Waals surface area contributed by atoms with E-state index in [0.29, 0.717) is 5.75 Å². The maximum absolute atomic E-state index is 10.9. The number of carbonyl (C=O) groups is 1. The Morgan fingerprint density at radius 3 is 2.62 bits per heavy atom. The van der Waals surface area contributed by atoms with Gasteiger partial charge in [-0.05, 0) is 12.1 Å². The number of rotatable bonds is 2. The quantitative estimate of drug-likeness (QED) is 0.744. The smallest absolute Gasteiger partial charge is 0.167 e. The van der Waals surface area contributed by atoms with Crippen LogP contribution in [0.1, 0.15) is 0 Å². The van der Waals surface area contributed by atoms with Crippen molar-refractivity contribution in [2.24, 2.45) is 0 Å². The third kappa shape index (κ3) is 2.39. The molecule has 13 heavy (non-hydrogen) atoms. The highest BCUT2D eigenvalue weighted by Crippen LogP contribution is 2.37. The molecule has 3 heteroatoms. The van der Waals surface area contributed by atoms with Gasteiger partial charge in [0.25, 0.3) is 0 Å². The van der Waals surface area contributed by atoms with Crippen molar-refractivity contribution in [2.45, 2.75) is 4.90 Å². The van der Waals surface area contributed by atoms with Crippen LogP contribution in [0.3, 0.4) is 0 Å². The summed E-state index contributed by atoms with van der Waals surface area (Å²) in [6, 6.07) is 10.1. The molecular formula is C10H8OS2. The second-order valence-corrected chi connectivity index (χ2v) is 5.02. The molecule has 1 aromatic carbocycles. The summed E-state index contributed by atoms with van der Waals surface area (Å²) < 4.78 is 1.11. The topological polar surface area (TPSA) is 17.1 Å². The lowest BCUT2D eigenvalue weighted by Gasteiger charge is -1.98. The SMILES string of the molecule is O=C1C=C(Sc2ccccc2)SC1. The summed E-state index contributed by atoms with van der Waals surface area (Å²) in [4.78, 5) is 12.1. The van der Waals surface area contributed by atoms with Crippen LogP contribution >= 0.6 is 23.5 Å². The van der Waals surface area contributed by atoms with Crippen LogP contribution in [0.4, 0.5) is 0 Å². The number of hydrogen-bond acceptors (Lipinski definition) is 3. The van der Waals surface area contributed by atoms with E-state index < -0.39 is 0 Å². The van der Waals surface area contributed by atoms with Gasteiger partial charge in [0.05, 0.1) is 5.75 Å². The second kappa shape index (κ2) is 4.03.